The average Bonchev–Trinajstić information content (AvgIpc) is 2.47. The molecule has 3 atom stereocenters. The average molecular weight is 168 g/mol. The topological polar surface area (TPSA) is 47.3 Å². The highest BCUT2D eigenvalue weighted by Gasteiger charge is 2.30. The van der Waals surface area contributed by atoms with Crippen molar-refractivity contribution in [1.29, 1.82) is 0 Å². The molecule has 0 spiro atoms. The Hall–Kier alpha value is -0.560. The molecular formula is C9H16N2O. The Labute approximate surface area is 73.6 Å². The van der Waals surface area contributed by atoms with E-state index in [9.17, 15) is 0 Å². The van der Waals surface area contributed by atoms with Crippen molar-refractivity contribution in [1.82, 2.24) is 5.43 Å². The van der Waals surface area contributed by atoms with Crippen LogP contribution in [0.25, 0.3) is 0 Å². The van der Waals surface area contributed by atoms with Gasteiger partial charge in [-0.15, -0.1) is 12.3 Å². The number of hydrogen-bond acceptors (Lipinski definition) is 3. The molecule has 0 amide bonds. The molecule has 3 unspecified atom stereocenters. The van der Waals surface area contributed by atoms with Crippen LogP contribution in [-0.2, 0) is 4.74 Å². The van der Waals surface area contributed by atoms with Gasteiger partial charge < -0.3 is 4.74 Å². The smallest absolute Gasteiger partial charge is 0.0591 e. The molecule has 1 saturated heterocycles. The Balaban J connectivity index is 2.47. The van der Waals surface area contributed by atoms with Crippen molar-refractivity contribution in [3.63, 3.8) is 0 Å². The summed E-state index contributed by atoms with van der Waals surface area (Å²) >= 11 is 0. The number of ether oxygens (including phenoxy) is 1. The quantitative estimate of drug-likeness (QED) is 0.361. The van der Waals surface area contributed by atoms with Crippen LogP contribution in [0, 0.1) is 18.3 Å². The van der Waals surface area contributed by atoms with Gasteiger partial charge in [-0.3, -0.25) is 11.3 Å². The Morgan fingerprint density at radius 3 is 3.00 bits per heavy atom. The Kier molecular flexibility index (Phi) is 3.54. The van der Waals surface area contributed by atoms with E-state index in [1.165, 1.54) is 0 Å². The molecule has 0 aromatic carbocycles. The second-order valence-corrected chi connectivity index (χ2v) is 3.21. The maximum absolute atomic E-state index is 5.43. The summed E-state index contributed by atoms with van der Waals surface area (Å²) in [4.78, 5) is 0. The predicted octanol–water partition coefficient (Wildman–Crippen LogP) is 0.267. The fourth-order valence-corrected chi connectivity index (χ4v) is 1.74. The van der Waals surface area contributed by atoms with Crippen molar-refractivity contribution < 1.29 is 4.74 Å². The molecule has 1 heterocycles. The molecule has 0 aromatic rings. The molecule has 3 N–H and O–H groups in total. The Bertz CT molecular complexity index is 176. The summed E-state index contributed by atoms with van der Waals surface area (Å²) in [6.07, 6.45) is 7.24. The fraction of sp³-hybridized carbons (Fsp3) is 0.778. The summed E-state index contributed by atoms with van der Waals surface area (Å²) in [7, 11) is 0. The maximum atomic E-state index is 5.43. The third kappa shape index (κ3) is 1.98. The molecule has 1 fully saturated rings. The second-order valence-electron chi connectivity index (χ2n) is 3.21. The van der Waals surface area contributed by atoms with E-state index in [0.29, 0.717) is 12.3 Å². The highest BCUT2D eigenvalue weighted by Crippen LogP contribution is 2.24. The summed E-state index contributed by atoms with van der Waals surface area (Å²) in [5, 5.41) is 0. The number of nitrogens with one attached hydrogen (secondary N) is 1. The second kappa shape index (κ2) is 4.46. The van der Waals surface area contributed by atoms with Crippen LogP contribution >= 0.6 is 0 Å². The fourth-order valence-electron chi connectivity index (χ4n) is 1.74. The number of nitrogens with two attached hydrogens (primary N) is 1. The molecule has 1 rings (SSSR count). The molecule has 3 heteroatoms. The summed E-state index contributed by atoms with van der Waals surface area (Å²) in [5.41, 5.74) is 2.75. The zero-order chi connectivity index (χ0) is 8.97. The maximum Gasteiger partial charge on any atom is 0.0591 e. The molecule has 0 aromatic heterocycles. The Morgan fingerprint density at radius 2 is 2.58 bits per heavy atom. The van der Waals surface area contributed by atoms with Crippen LogP contribution in [0.4, 0.5) is 0 Å². The first kappa shape index (κ1) is 9.53. The molecular weight excluding hydrogens is 152 g/mol. The lowest BCUT2D eigenvalue weighted by Crippen LogP contribution is -2.42. The number of terminal acetylenes is 1. The molecule has 0 radical (unpaired) electrons. The highest BCUT2D eigenvalue weighted by atomic mass is 16.5. The van der Waals surface area contributed by atoms with Gasteiger partial charge in [0.1, 0.15) is 0 Å². The third-order valence-electron chi connectivity index (χ3n) is 2.50. The Morgan fingerprint density at radius 1 is 1.83 bits per heavy atom. The zero-order valence-electron chi connectivity index (χ0n) is 7.42. The van der Waals surface area contributed by atoms with E-state index in [0.717, 1.165) is 13.0 Å². The monoisotopic (exact) mass is 168 g/mol. The van der Waals surface area contributed by atoms with Crippen LogP contribution < -0.4 is 11.3 Å². The van der Waals surface area contributed by atoms with Gasteiger partial charge in [0.15, 0.2) is 0 Å². The van der Waals surface area contributed by atoms with E-state index < -0.39 is 0 Å². The van der Waals surface area contributed by atoms with Crippen LogP contribution in [-0.4, -0.2) is 18.8 Å². The van der Waals surface area contributed by atoms with Gasteiger partial charge in [-0.05, 0) is 13.3 Å². The lowest BCUT2D eigenvalue weighted by atomic mass is 9.92. The van der Waals surface area contributed by atoms with Crippen LogP contribution in [0.1, 0.15) is 19.8 Å². The number of hydrogen-bond donors (Lipinski definition) is 2. The first-order chi connectivity index (χ1) is 5.79. The van der Waals surface area contributed by atoms with Gasteiger partial charge >= 0.3 is 0 Å². The first-order valence-electron chi connectivity index (χ1n) is 4.30. The molecule has 0 bridgehead atoms. The third-order valence-corrected chi connectivity index (χ3v) is 2.50. The molecule has 68 valence electrons. The first-order valence-corrected chi connectivity index (χ1v) is 4.30. The minimum absolute atomic E-state index is 0.201. The summed E-state index contributed by atoms with van der Waals surface area (Å²) in [6, 6.07) is 0.201. The van der Waals surface area contributed by atoms with Crippen LogP contribution in [0.2, 0.25) is 0 Å². The van der Waals surface area contributed by atoms with Gasteiger partial charge in [0.05, 0.1) is 6.10 Å². The van der Waals surface area contributed by atoms with Crippen LogP contribution in [0.3, 0.4) is 0 Å². The van der Waals surface area contributed by atoms with Gasteiger partial charge in [0, 0.05) is 25.0 Å². The number of rotatable bonds is 3. The molecule has 0 saturated carbocycles. The van der Waals surface area contributed by atoms with Gasteiger partial charge in [0.2, 0.25) is 0 Å². The standard InChI is InChI=1S/C9H16N2O/c1-3-4-9(11-10)8-5-6-12-7(8)2/h1,7-9,11H,4-6,10H2,2H3. The lowest BCUT2D eigenvalue weighted by molar-refractivity contribution is 0.0959. The largest absolute Gasteiger partial charge is 0.378 e. The zero-order valence-corrected chi connectivity index (χ0v) is 7.42. The van der Waals surface area contributed by atoms with Gasteiger partial charge in [0.25, 0.3) is 0 Å². The van der Waals surface area contributed by atoms with Crippen molar-refractivity contribution in [2.24, 2.45) is 11.8 Å². The predicted molar refractivity (Wildman–Crippen MR) is 48.1 cm³/mol. The van der Waals surface area contributed by atoms with Gasteiger partial charge in [-0.2, -0.15) is 0 Å². The number of hydrazine groups is 1. The van der Waals surface area contributed by atoms with E-state index >= 15 is 0 Å². The molecule has 12 heavy (non-hydrogen) atoms. The lowest BCUT2D eigenvalue weighted by Gasteiger charge is -2.22. The molecule has 3 nitrogen and oxygen atoms in total. The van der Waals surface area contributed by atoms with Gasteiger partial charge in [-0.1, -0.05) is 0 Å². The van der Waals surface area contributed by atoms with E-state index in [1.54, 1.807) is 0 Å². The van der Waals surface area contributed by atoms with Crippen molar-refractivity contribution in [2.45, 2.75) is 31.9 Å². The minimum Gasteiger partial charge on any atom is -0.378 e. The SMILES string of the molecule is C#CCC(NN)C1CCOC1C. The van der Waals surface area contributed by atoms with Crippen molar-refractivity contribution in [3.05, 3.63) is 0 Å². The normalized spacial score (nSPS) is 31.4. The van der Waals surface area contributed by atoms with Crippen LogP contribution in [0.5, 0.6) is 0 Å². The summed E-state index contributed by atoms with van der Waals surface area (Å²) in [5.74, 6) is 8.48. The van der Waals surface area contributed by atoms with E-state index in [2.05, 4.69) is 18.3 Å². The van der Waals surface area contributed by atoms with E-state index in [4.69, 9.17) is 17.0 Å². The highest BCUT2D eigenvalue weighted by molar-refractivity contribution is 4.94. The van der Waals surface area contributed by atoms with Crippen molar-refractivity contribution in [3.8, 4) is 12.3 Å². The minimum atomic E-state index is 0.201. The van der Waals surface area contributed by atoms with Gasteiger partial charge in [-0.25, -0.2) is 0 Å². The van der Waals surface area contributed by atoms with Crippen molar-refractivity contribution in [2.75, 3.05) is 6.61 Å². The van der Waals surface area contributed by atoms with Crippen LogP contribution in [0.15, 0.2) is 0 Å². The summed E-state index contributed by atoms with van der Waals surface area (Å²) < 4.78 is 5.43. The molecule has 1 aliphatic rings. The molecule has 0 aliphatic carbocycles. The summed E-state index contributed by atoms with van der Waals surface area (Å²) in [6.45, 7) is 2.90. The van der Waals surface area contributed by atoms with E-state index in [-0.39, 0.29) is 12.1 Å². The molecule has 1 aliphatic heterocycles. The van der Waals surface area contributed by atoms with Crippen molar-refractivity contribution >= 4 is 0 Å². The van der Waals surface area contributed by atoms with E-state index in [1.807, 2.05) is 0 Å².